The van der Waals surface area contributed by atoms with Gasteiger partial charge in [-0.3, -0.25) is 15.5 Å². The number of carbonyl (C=O) groups is 1. The van der Waals surface area contributed by atoms with Crippen LogP contribution in [-0.4, -0.2) is 36.0 Å². The third kappa shape index (κ3) is 2.27. The van der Waals surface area contributed by atoms with Gasteiger partial charge in [0.05, 0.1) is 11.9 Å². The second-order valence-electron chi connectivity index (χ2n) is 4.12. The maximum absolute atomic E-state index is 11.8. The molecule has 0 fully saturated rings. The average molecular weight is 276 g/mol. The zero-order valence-corrected chi connectivity index (χ0v) is 10.5. The van der Waals surface area contributed by atoms with Crippen LogP contribution >= 0.6 is 11.6 Å². The third-order valence-corrected chi connectivity index (χ3v) is 3.03. The van der Waals surface area contributed by atoms with Crippen LogP contribution in [0.3, 0.4) is 0 Å². The van der Waals surface area contributed by atoms with Crippen molar-refractivity contribution < 1.29 is 4.79 Å². The SMILES string of the molecule is N[C@H]1N=C2N=CC(c3ccc(Cl)cc3)=N[C@H]2C(=O)N1. The summed E-state index contributed by atoms with van der Waals surface area (Å²) in [6.07, 6.45) is 0.826. The van der Waals surface area contributed by atoms with Gasteiger partial charge in [0.25, 0.3) is 5.91 Å². The molecule has 3 rings (SSSR count). The van der Waals surface area contributed by atoms with Gasteiger partial charge in [0.1, 0.15) is 0 Å². The zero-order valence-electron chi connectivity index (χ0n) is 9.75. The van der Waals surface area contributed by atoms with Crippen LogP contribution in [0.2, 0.25) is 5.02 Å². The van der Waals surface area contributed by atoms with Crippen molar-refractivity contribution >= 4 is 35.3 Å². The fourth-order valence-electron chi connectivity index (χ4n) is 1.88. The first-order valence-electron chi connectivity index (χ1n) is 5.65. The van der Waals surface area contributed by atoms with Crippen LogP contribution in [0.15, 0.2) is 39.2 Å². The molecule has 7 heteroatoms. The van der Waals surface area contributed by atoms with E-state index in [2.05, 4.69) is 20.3 Å². The van der Waals surface area contributed by atoms with Gasteiger partial charge in [-0.15, -0.1) is 0 Å². The number of nitrogens with two attached hydrogens (primary N) is 1. The number of carbonyl (C=O) groups excluding carboxylic acids is 1. The van der Waals surface area contributed by atoms with E-state index < -0.39 is 12.3 Å². The molecule has 96 valence electrons. The summed E-state index contributed by atoms with van der Waals surface area (Å²) < 4.78 is 0. The molecule has 0 saturated carbocycles. The maximum atomic E-state index is 11.8. The highest BCUT2D eigenvalue weighted by atomic mass is 35.5. The Morgan fingerprint density at radius 2 is 1.95 bits per heavy atom. The van der Waals surface area contributed by atoms with Gasteiger partial charge >= 0.3 is 0 Å². The molecular weight excluding hydrogens is 266 g/mol. The highest BCUT2D eigenvalue weighted by Crippen LogP contribution is 2.14. The van der Waals surface area contributed by atoms with E-state index in [1.807, 2.05) is 12.1 Å². The number of nitrogens with zero attached hydrogens (tertiary/aromatic N) is 3. The Morgan fingerprint density at radius 1 is 1.21 bits per heavy atom. The fourth-order valence-corrected chi connectivity index (χ4v) is 2.00. The van der Waals surface area contributed by atoms with Crippen molar-refractivity contribution in [2.24, 2.45) is 20.7 Å². The summed E-state index contributed by atoms with van der Waals surface area (Å²) >= 11 is 5.83. The normalized spacial score (nSPS) is 25.3. The number of nitrogens with one attached hydrogen (secondary N) is 1. The second-order valence-corrected chi connectivity index (χ2v) is 4.56. The lowest BCUT2D eigenvalue weighted by Crippen LogP contribution is -2.53. The summed E-state index contributed by atoms with van der Waals surface area (Å²) in [7, 11) is 0. The molecule has 1 amide bonds. The molecule has 0 spiro atoms. The standard InChI is InChI=1S/C12H10ClN5O/c13-7-3-1-6(2-4-7)8-5-15-10-9(16-8)11(19)18-12(14)17-10/h1-5,9,12H,14H2,(H,18,19)/t9-,12+/m1/s1. The molecule has 2 aliphatic heterocycles. The molecule has 2 aliphatic rings. The molecule has 0 aromatic heterocycles. The number of fused-ring (bicyclic) bond motifs is 1. The van der Waals surface area contributed by atoms with E-state index in [9.17, 15) is 4.79 Å². The number of hydrogen-bond donors (Lipinski definition) is 2. The lowest BCUT2D eigenvalue weighted by molar-refractivity contribution is -0.121. The first-order valence-corrected chi connectivity index (χ1v) is 6.03. The molecule has 3 N–H and O–H groups in total. The molecule has 0 bridgehead atoms. The number of rotatable bonds is 1. The smallest absolute Gasteiger partial charge is 0.255 e. The highest BCUT2D eigenvalue weighted by Gasteiger charge is 2.32. The van der Waals surface area contributed by atoms with Crippen molar-refractivity contribution in [3.05, 3.63) is 34.9 Å². The van der Waals surface area contributed by atoms with E-state index in [1.54, 1.807) is 18.3 Å². The molecule has 0 saturated heterocycles. The van der Waals surface area contributed by atoms with Crippen molar-refractivity contribution in [1.82, 2.24) is 5.32 Å². The van der Waals surface area contributed by atoms with Crippen LogP contribution < -0.4 is 11.1 Å². The molecule has 0 radical (unpaired) electrons. The van der Waals surface area contributed by atoms with Gasteiger partial charge in [0.2, 0.25) is 0 Å². The van der Waals surface area contributed by atoms with Crippen LogP contribution in [0.25, 0.3) is 0 Å². The third-order valence-electron chi connectivity index (χ3n) is 2.78. The topological polar surface area (TPSA) is 92.2 Å². The molecule has 19 heavy (non-hydrogen) atoms. The number of amidine groups is 1. The van der Waals surface area contributed by atoms with E-state index in [4.69, 9.17) is 17.3 Å². The van der Waals surface area contributed by atoms with Gasteiger partial charge < -0.3 is 5.32 Å². The minimum atomic E-state index is -0.747. The number of amides is 1. The van der Waals surface area contributed by atoms with Crippen LogP contribution in [0.1, 0.15) is 5.56 Å². The summed E-state index contributed by atoms with van der Waals surface area (Å²) in [5.74, 6) is 0.0507. The molecule has 6 nitrogen and oxygen atoms in total. The Morgan fingerprint density at radius 3 is 2.68 bits per heavy atom. The lowest BCUT2D eigenvalue weighted by Gasteiger charge is -2.24. The molecule has 2 heterocycles. The Kier molecular flexibility index (Phi) is 2.88. The molecule has 1 aromatic rings. The number of benzene rings is 1. The predicted octanol–water partition coefficient (Wildman–Crippen LogP) is 0.353. The van der Waals surface area contributed by atoms with Crippen molar-refractivity contribution in [3.8, 4) is 0 Å². The highest BCUT2D eigenvalue weighted by molar-refractivity contribution is 6.42. The average Bonchev–Trinajstić information content (AvgIpc) is 2.39. The van der Waals surface area contributed by atoms with E-state index in [0.717, 1.165) is 5.56 Å². The maximum Gasteiger partial charge on any atom is 0.255 e. The summed E-state index contributed by atoms with van der Waals surface area (Å²) in [5.41, 5.74) is 7.00. The summed E-state index contributed by atoms with van der Waals surface area (Å²) in [6, 6.07) is 6.43. The van der Waals surface area contributed by atoms with E-state index in [1.165, 1.54) is 0 Å². The Balaban J connectivity index is 1.96. The Labute approximate surface area is 114 Å². The van der Waals surface area contributed by atoms with Crippen molar-refractivity contribution in [2.75, 3.05) is 0 Å². The molecule has 2 atom stereocenters. The lowest BCUT2D eigenvalue weighted by atomic mass is 10.1. The first-order chi connectivity index (χ1) is 9.13. The van der Waals surface area contributed by atoms with E-state index in [0.29, 0.717) is 16.6 Å². The second kappa shape index (κ2) is 4.56. The Hall–Kier alpha value is -2.05. The van der Waals surface area contributed by atoms with Gasteiger partial charge in [0.15, 0.2) is 18.2 Å². The van der Waals surface area contributed by atoms with Gasteiger partial charge in [0, 0.05) is 10.6 Å². The van der Waals surface area contributed by atoms with Gasteiger partial charge in [-0.1, -0.05) is 23.7 Å². The summed E-state index contributed by atoms with van der Waals surface area (Å²) in [4.78, 5) is 24.3. The molecule has 0 aliphatic carbocycles. The first kappa shape index (κ1) is 12.0. The summed E-state index contributed by atoms with van der Waals surface area (Å²) in [6.45, 7) is 0. The van der Waals surface area contributed by atoms with Gasteiger partial charge in [-0.2, -0.15) is 0 Å². The van der Waals surface area contributed by atoms with Crippen LogP contribution in [-0.2, 0) is 4.79 Å². The molecule has 0 unspecified atom stereocenters. The van der Waals surface area contributed by atoms with Crippen LogP contribution in [0.4, 0.5) is 0 Å². The van der Waals surface area contributed by atoms with E-state index >= 15 is 0 Å². The van der Waals surface area contributed by atoms with E-state index in [-0.39, 0.29) is 5.91 Å². The quantitative estimate of drug-likeness (QED) is 0.774. The molecule has 1 aromatic carbocycles. The number of halogens is 1. The number of aliphatic imine (C=N–C) groups is 3. The molecular formula is C12H10ClN5O. The van der Waals surface area contributed by atoms with Crippen molar-refractivity contribution in [1.29, 1.82) is 0 Å². The zero-order chi connectivity index (χ0) is 13.4. The van der Waals surface area contributed by atoms with Gasteiger partial charge in [-0.05, 0) is 12.1 Å². The Bertz CT molecular complexity index is 620. The fraction of sp³-hybridized carbons (Fsp3) is 0.167. The number of hydrogen-bond acceptors (Lipinski definition) is 5. The van der Waals surface area contributed by atoms with Crippen LogP contribution in [0, 0.1) is 0 Å². The summed E-state index contributed by atoms with van der Waals surface area (Å²) in [5, 5.41) is 3.15. The largest absolute Gasteiger partial charge is 0.320 e. The van der Waals surface area contributed by atoms with Crippen molar-refractivity contribution in [2.45, 2.75) is 12.3 Å². The monoisotopic (exact) mass is 275 g/mol. The van der Waals surface area contributed by atoms with Crippen molar-refractivity contribution in [3.63, 3.8) is 0 Å². The minimum Gasteiger partial charge on any atom is -0.320 e. The van der Waals surface area contributed by atoms with Crippen LogP contribution in [0.5, 0.6) is 0 Å². The minimum absolute atomic E-state index is 0.291. The van der Waals surface area contributed by atoms with Gasteiger partial charge in [-0.25, -0.2) is 9.98 Å². The predicted molar refractivity (Wildman–Crippen MR) is 73.8 cm³/mol.